The van der Waals surface area contributed by atoms with Gasteiger partial charge in [0.1, 0.15) is 11.5 Å². The van der Waals surface area contributed by atoms with Gasteiger partial charge in [0.15, 0.2) is 11.5 Å². The number of carbonyl (C=O) groups excluding carboxylic acids is 1. The Labute approximate surface area is 114 Å². The molecule has 8 nitrogen and oxygen atoms in total. The fourth-order valence-corrected chi connectivity index (χ4v) is 1.52. The van der Waals surface area contributed by atoms with Crippen LogP contribution in [-0.2, 0) is 4.74 Å². The molecule has 0 fully saturated rings. The van der Waals surface area contributed by atoms with Crippen LogP contribution in [0.2, 0.25) is 0 Å². The SMILES string of the molecule is CCOC(=O)c1ccccc1N=Nc1c(N)n[nH]c1N. The molecule has 1 heterocycles. The molecule has 5 N–H and O–H groups in total. The van der Waals surface area contributed by atoms with Gasteiger partial charge in [0, 0.05) is 0 Å². The van der Waals surface area contributed by atoms with Crippen LogP contribution in [0.4, 0.5) is 23.0 Å². The largest absolute Gasteiger partial charge is 0.462 e. The summed E-state index contributed by atoms with van der Waals surface area (Å²) in [5.41, 5.74) is 12.1. The van der Waals surface area contributed by atoms with Crippen LogP contribution in [0.1, 0.15) is 17.3 Å². The van der Waals surface area contributed by atoms with Gasteiger partial charge in [0.2, 0.25) is 0 Å². The maximum atomic E-state index is 11.8. The highest BCUT2D eigenvalue weighted by molar-refractivity contribution is 5.94. The van der Waals surface area contributed by atoms with E-state index in [1.165, 1.54) is 0 Å². The fraction of sp³-hybridized carbons (Fsp3) is 0.167. The van der Waals surface area contributed by atoms with Gasteiger partial charge in [-0.3, -0.25) is 5.10 Å². The molecule has 0 radical (unpaired) electrons. The summed E-state index contributed by atoms with van der Waals surface area (Å²) in [6.07, 6.45) is 0. The predicted molar refractivity (Wildman–Crippen MR) is 74.0 cm³/mol. The van der Waals surface area contributed by atoms with Crippen LogP contribution < -0.4 is 11.5 Å². The van der Waals surface area contributed by atoms with Crippen LogP contribution >= 0.6 is 0 Å². The number of nitrogens with zero attached hydrogens (tertiary/aromatic N) is 3. The van der Waals surface area contributed by atoms with Gasteiger partial charge >= 0.3 is 5.97 Å². The number of carbonyl (C=O) groups is 1. The van der Waals surface area contributed by atoms with E-state index in [2.05, 4.69) is 20.4 Å². The third-order valence-electron chi connectivity index (χ3n) is 2.45. The third-order valence-corrected chi connectivity index (χ3v) is 2.45. The lowest BCUT2D eigenvalue weighted by atomic mass is 10.2. The van der Waals surface area contributed by atoms with Crippen molar-refractivity contribution in [3.63, 3.8) is 0 Å². The normalized spacial score (nSPS) is 10.8. The van der Waals surface area contributed by atoms with Crippen LogP contribution in [0.3, 0.4) is 0 Å². The monoisotopic (exact) mass is 274 g/mol. The van der Waals surface area contributed by atoms with Gasteiger partial charge in [-0.25, -0.2) is 4.79 Å². The number of benzene rings is 1. The molecule has 1 aromatic carbocycles. The molecule has 0 atom stereocenters. The molecule has 2 rings (SSSR count). The van der Waals surface area contributed by atoms with Gasteiger partial charge in [0.25, 0.3) is 0 Å². The maximum absolute atomic E-state index is 11.8. The number of hydrogen-bond donors (Lipinski definition) is 3. The summed E-state index contributed by atoms with van der Waals surface area (Å²) in [7, 11) is 0. The number of azo groups is 1. The summed E-state index contributed by atoms with van der Waals surface area (Å²) in [6.45, 7) is 2.01. The van der Waals surface area contributed by atoms with Crippen LogP contribution in [-0.4, -0.2) is 22.8 Å². The molecule has 0 spiro atoms. The zero-order valence-electron chi connectivity index (χ0n) is 10.8. The fourth-order valence-electron chi connectivity index (χ4n) is 1.52. The standard InChI is InChI=1S/C12H14N6O2/c1-2-20-12(19)7-5-3-4-6-8(7)15-16-9-10(13)17-18-11(9)14/h3-6H,2H2,1H3,(H5,13,14,17,18). The molecule has 0 saturated carbocycles. The minimum absolute atomic E-state index is 0.139. The van der Waals surface area contributed by atoms with E-state index < -0.39 is 5.97 Å². The number of nitrogen functional groups attached to an aromatic ring is 2. The topological polar surface area (TPSA) is 132 Å². The predicted octanol–water partition coefficient (Wildman–Crippen LogP) is 2.17. The Hall–Kier alpha value is -2.90. The quantitative estimate of drug-likeness (QED) is 0.580. The number of aromatic amines is 1. The van der Waals surface area contributed by atoms with E-state index in [4.69, 9.17) is 16.2 Å². The van der Waals surface area contributed by atoms with E-state index in [9.17, 15) is 4.79 Å². The number of aromatic nitrogens is 2. The molecule has 0 amide bonds. The Kier molecular flexibility index (Phi) is 3.94. The Morgan fingerprint density at radius 3 is 2.75 bits per heavy atom. The van der Waals surface area contributed by atoms with E-state index in [-0.39, 0.29) is 23.9 Å². The summed E-state index contributed by atoms with van der Waals surface area (Å²) in [5.74, 6) is -0.116. The molecule has 0 unspecified atom stereocenters. The molecule has 8 heteroatoms. The molecule has 0 aliphatic carbocycles. The molecular formula is C12H14N6O2. The zero-order chi connectivity index (χ0) is 14.5. The van der Waals surface area contributed by atoms with Crippen LogP contribution in [0.5, 0.6) is 0 Å². The van der Waals surface area contributed by atoms with Crippen molar-refractivity contribution in [2.45, 2.75) is 6.92 Å². The van der Waals surface area contributed by atoms with Crippen molar-refractivity contribution >= 4 is 29.0 Å². The average molecular weight is 274 g/mol. The highest BCUT2D eigenvalue weighted by Crippen LogP contribution is 2.29. The number of nitrogens with two attached hydrogens (primary N) is 2. The first-order valence-electron chi connectivity index (χ1n) is 5.90. The highest BCUT2D eigenvalue weighted by Gasteiger charge is 2.12. The number of hydrogen-bond acceptors (Lipinski definition) is 7. The number of ether oxygens (including phenoxy) is 1. The Morgan fingerprint density at radius 1 is 1.35 bits per heavy atom. The lowest BCUT2D eigenvalue weighted by Gasteiger charge is -2.03. The van der Waals surface area contributed by atoms with E-state index in [1.54, 1.807) is 31.2 Å². The van der Waals surface area contributed by atoms with Crippen LogP contribution in [0.25, 0.3) is 0 Å². The zero-order valence-corrected chi connectivity index (χ0v) is 10.8. The van der Waals surface area contributed by atoms with Gasteiger partial charge in [-0.1, -0.05) is 12.1 Å². The Morgan fingerprint density at radius 2 is 2.10 bits per heavy atom. The number of nitrogens with one attached hydrogen (secondary N) is 1. The van der Waals surface area contributed by atoms with Crippen molar-refractivity contribution in [3.8, 4) is 0 Å². The second-order valence-electron chi connectivity index (χ2n) is 3.81. The van der Waals surface area contributed by atoms with Crippen molar-refractivity contribution in [1.29, 1.82) is 0 Å². The summed E-state index contributed by atoms with van der Waals surface area (Å²) in [6, 6.07) is 6.70. The number of rotatable bonds is 4. The second-order valence-corrected chi connectivity index (χ2v) is 3.81. The summed E-state index contributed by atoms with van der Waals surface area (Å²) in [5, 5.41) is 14.1. The van der Waals surface area contributed by atoms with Gasteiger partial charge in [-0.05, 0) is 19.1 Å². The van der Waals surface area contributed by atoms with Gasteiger partial charge in [-0.15, -0.1) is 10.2 Å². The molecule has 0 aliphatic rings. The minimum atomic E-state index is -0.463. The minimum Gasteiger partial charge on any atom is -0.462 e. The Balaban J connectivity index is 2.32. The van der Waals surface area contributed by atoms with Crippen molar-refractivity contribution in [2.24, 2.45) is 10.2 Å². The van der Waals surface area contributed by atoms with E-state index in [1.807, 2.05) is 0 Å². The Bertz CT molecular complexity index is 630. The smallest absolute Gasteiger partial charge is 0.340 e. The molecule has 2 aromatic rings. The molecular weight excluding hydrogens is 260 g/mol. The van der Waals surface area contributed by atoms with E-state index >= 15 is 0 Å². The van der Waals surface area contributed by atoms with Gasteiger partial charge in [-0.2, -0.15) is 5.10 Å². The molecule has 0 bridgehead atoms. The molecule has 20 heavy (non-hydrogen) atoms. The van der Waals surface area contributed by atoms with Crippen molar-refractivity contribution in [3.05, 3.63) is 29.8 Å². The van der Waals surface area contributed by atoms with E-state index in [0.29, 0.717) is 11.3 Å². The lowest BCUT2D eigenvalue weighted by molar-refractivity contribution is 0.0527. The van der Waals surface area contributed by atoms with Crippen LogP contribution in [0, 0.1) is 0 Å². The summed E-state index contributed by atoms with van der Waals surface area (Å²) < 4.78 is 4.94. The maximum Gasteiger partial charge on any atom is 0.340 e. The van der Waals surface area contributed by atoms with E-state index in [0.717, 1.165) is 0 Å². The first-order chi connectivity index (χ1) is 9.63. The average Bonchev–Trinajstić information content (AvgIpc) is 2.76. The molecule has 0 aliphatic heterocycles. The number of esters is 1. The van der Waals surface area contributed by atoms with Crippen molar-refractivity contribution in [1.82, 2.24) is 10.2 Å². The van der Waals surface area contributed by atoms with Gasteiger partial charge in [0.05, 0.1) is 12.2 Å². The van der Waals surface area contributed by atoms with Crippen LogP contribution in [0.15, 0.2) is 34.5 Å². The highest BCUT2D eigenvalue weighted by atomic mass is 16.5. The van der Waals surface area contributed by atoms with Crippen molar-refractivity contribution in [2.75, 3.05) is 18.1 Å². The first kappa shape index (κ1) is 13.5. The first-order valence-corrected chi connectivity index (χ1v) is 5.90. The number of H-pyrrole nitrogens is 1. The van der Waals surface area contributed by atoms with Gasteiger partial charge < -0.3 is 16.2 Å². The summed E-state index contributed by atoms with van der Waals surface area (Å²) in [4.78, 5) is 11.8. The van der Waals surface area contributed by atoms with Crippen molar-refractivity contribution < 1.29 is 9.53 Å². The molecule has 1 aromatic heterocycles. The summed E-state index contributed by atoms with van der Waals surface area (Å²) >= 11 is 0. The number of anilines is 2. The lowest BCUT2D eigenvalue weighted by Crippen LogP contribution is -2.04. The molecule has 104 valence electrons. The third kappa shape index (κ3) is 2.74. The molecule has 0 saturated heterocycles. The second kappa shape index (κ2) is 5.83.